The van der Waals surface area contributed by atoms with Crippen LogP contribution in [-0.4, -0.2) is 19.2 Å². The summed E-state index contributed by atoms with van der Waals surface area (Å²) >= 11 is 12.1. The molecule has 0 spiro atoms. The third-order valence-electron chi connectivity index (χ3n) is 3.51. The summed E-state index contributed by atoms with van der Waals surface area (Å²) < 4.78 is 10.8. The Labute approximate surface area is 160 Å². The van der Waals surface area contributed by atoms with Crippen molar-refractivity contribution < 1.29 is 13.9 Å². The van der Waals surface area contributed by atoms with Crippen molar-refractivity contribution in [3.05, 3.63) is 76.0 Å². The van der Waals surface area contributed by atoms with Gasteiger partial charge in [0.1, 0.15) is 17.3 Å². The lowest BCUT2D eigenvalue weighted by atomic mass is 10.2. The second-order valence-corrected chi connectivity index (χ2v) is 6.10. The smallest absolute Gasteiger partial charge is 0.271 e. The summed E-state index contributed by atoms with van der Waals surface area (Å²) in [5.41, 5.74) is 3.60. The minimum absolute atomic E-state index is 0.354. The van der Waals surface area contributed by atoms with E-state index in [9.17, 15) is 4.79 Å². The monoisotopic (exact) mass is 388 g/mol. The average Bonchev–Trinajstić information content (AvgIpc) is 3.10. The molecule has 5 nitrogen and oxygen atoms in total. The molecule has 0 atom stereocenters. The lowest BCUT2D eigenvalue weighted by Gasteiger charge is -2.02. The highest BCUT2D eigenvalue weighted by atomic mass is 35.5. The third-order valence-corrected chi connectivity index (χ3v) is 4.06. The summed E-state index contributed by atoms with van der Waals surface area (Å²) in [6.45, 7) is 0. The molecule has 1 amide bonds. The van der Waals surface area contributed by atoms with Crippen molar-refractivity contribution in [2.24, 2.45) is 5.10 Å². The molecule has 3 aromatic rings. The van der Waals surface area contributed by atoms with Crippen LogP contribution >= 0.6 is 23.2 Å². The van der Waals surface area contributed by atoms with Crippen LogP contribution in [0.25, 0.3) is 11.3 Å². The maximum absolute atomic E-state index is 12.1. The van der Waals surface area contributed by atoms with Crippen LogP contribution in [0.2, 0.25) is 10.0 Å². The molecule has 0 aliphatic carbocycles. The molecular weight excluding hydrogens is 375 g/mol. The highest BCUT2D eigenvalue weighted by Crippen LogP contribution is 2.31. The van der Waals surface area contributed by atoms with E-state index in [1.54, 1.807) is 54.6 Å². The Hall–Kier alpha value is -2.76. The van der Waals surface area contributed by atoms with E-state index in [0.717, 1.165) is 5.56 Å². The fourth-order valence-corrected chi connectivity index (χ4v) is 2.74. The fraction of sp³-hybridized carbons (Fsp3) is 0.0526. The Bertz CT molecular complexity index is 967. The zero-order valence-corrected chi connectivity index (χ0v) is 15.2. The number of furan rings is 1. The van der Waals surface area contributed by atoms with Gasteiger partial charge in [0.2, 0.25) is 0 Å². The topological polar surface area (TPSA) is 63.8 Å². The second-order valence-electron chi connectivity index (χ2n) is 5.26. The molecule has 0 saturated heterocycles. The highest BCUT2D eigenvalue weighted by Gasteiger charge is 2.09. The van der Waals surface area contributed by atoms with Crippen molar-refractivity contribution in [2.45, 2.75) is 0 Å². The van der Waals surface area contributed by atoms with Gasteiger partial charge in [-0.1, -0.05) is 29.3 Å². The van der Waals surface area contributed by atoms with Crippen molar-refractivity contribution in [3.63, 3.8) is 0 Å². The van der Waals surface area contributed by atoms with E-state index < -0.39 is 0 Å². The highest BCUT2D eigenvalue weighted by molar-refractivity contribution is 6.36. The molecule has 7 heteroatoms. The zero-order chi connectivity index (χ0) is 18.5. The van der Waals surface area contributed by atoms with E-state index in [2.05, 4.69) is 10.5 Å². The van der Waals surface area contributed by atoms with Crippen LogP contribution in [-0.2, 0) is 0 Å². The van der Waals surface area contributed by atoms with E-state index in [-0.39, 0.29) is 5.91 Å². The molecule has 0 fully saturated rings. The molecule has 3 rings (SSSR count). The first-order chi connectivity index (χ1) is 12.6. The number of nitrogens with zero attached hydrogens (tertiary/aromatic N) is 1. The lowest BCUT2D eigenvalue weighted by Crippen LogP contribution is -2.17. The lowest BCUT2D eigenvalue weighted by molar-refractivity contribution is 0.0955. The first-order valence-corrected chi connectivity index (χ1v) is 8.35. The Morgan fingerprint density at radius 3 is 2.77 bits per heavy atom. The van der Waals surface area contributed by atoms with Gasteiger partial charge in [0, 0.05) is 16.1 Å². The van der Waals surface area contributed by atoms with Crippen LogP contribution in [0.1, 0.15) is 16.1 Å². The molecule has 1 aromatic heterocycles. The SMILES string of the molecule is COc1cccc(C(=O)N/N=C\c2ccc(-c3ccc(Cl)cc3Cl)o2)c1. The molecular formula is C19H14Cl2N2O3. The molecule has 0 saturated carbocycles. The molecule has 1 N–H and O–H groups in total. The quantitative estimate of drug-likeness (QED) is 0.492. The Kier molecular flexibility index (Phi) is 5.61. The van der Waals surface area contributed by atoms with Gasteiger partial charge in [-0.15, -0.1) is 0 Å². The van der Waals surface area contributed by atoms with Crippen LogP contribution in [0.5, 0.6) is 5.75 Å². The number of methoxy groups -OCH3 is 1. The van der Waals surface area contributed by atoms with Crippen LogP contribution in [0.15, 0.2) is 64.1 Å². The van der Waals surface area contributed by atoms with Crippen molar-refractivity contribution in [2.75, 3.05) is 7.11 Å². The van der Waals surface area contributed by atoms with Crippen molar-refractivity contribution >= 4 is 35.3 Å². The summed E-state index contributed by atoms with van der Waals surface area (Å²) in [6, 6.07) is 15.4. The van der Waals surface area contributed by atoms with Crippen LogP contribution in [0.4, 0.5) is 0 Å². The number of rotatable bonds is 5. The zero-order valence-electron chi connectivity index (χ0n) is 13.7. The molecule has 0 radical (unpaired) electrons. The number of nitrogens with one attached hydrogen (secondary N) is 1. The van der Waals surface area contributed by atoms with Crippen LogP contribution in [0, 0.1) is 0 Å². The normalized spacial score (nSPS) is 10.9. The maximum atomic E-state index is 12.1. The number of hydrogen-bond donors (Lipinski definition) is 1. The maximum Gasteiger partial charge on any atom is 0.271 e. The van der Waals surface area contributed by atoms with Gasteiger partial charge in [-0.3, -0.25) is 4.79 Å². The fourth-order valence-electron chi connectivity index (χ4n) is 2.24. The number of amides is 1. The number of halogens is 2. The van der Waals surface area contributed by atoms with E-state index in [4.69, 9.17) is 32.4 Å². The Morgan fingerprint density at radius 1 is 1.15 bits per heavy atom. The minimum Gasteiger partial charge on any atom is -0.497 e. The van der Waals surface area contributed by atoms with Gasteiger partial charge >= 0.3 is 0 Å². The first kappa shape index (κ1) is 18.0. The summed E-state index contributed by atoms with van der Waals surface area (Å²) in [6.07, 6.45) is 1.41. The molecule has 1 heterocycles. The number of hydrogen-bond acceptors (Lipinski definition) is 4. The van der Waals surface area contributed by atoms with Gasteiger partial charge < -0.3 is 9.15 Å². The van der Waals surface area contributed by atoms with Crippen LogP contribution in [0.3, 0.4) is 0 Å². The van der Waals surface area contributed by atoms with Gasteiger partial charge in [-0.2, -0.15) is 5.10 Å². The van der Waals surface area contributed by atoms with Crippen LogP contribution < -0.4 is 10.2 Å². The van der Waals surface area contributed by atoms with E-state index in [0.29, 0.717) is 32.9 Å². The average molecular weight is 389 g/mol. The molecule has 132 valence electrons. The van der Waals surface area contributed by atoms with E-state index in [1.807, 2.05) is 0 Å². The summed E-state index contributed by atoms with van der Waals surface area (Å²) in [5.74, 6) is 1.29. The second kappa shape index (κ2) is 8.08. The molecule has 0 aliphatic rings. The molecule has 2 aromatic carbocycles. The van der Waals surface area contributed by atoms with Crippen molar-refractivity contribution in [1.82, 2.24) is 5.43 Å². The summed E-state index contributed by atoms with van der Waals surface area (Å²) in [5, 5.41) is 4.94. The Morgan fingerprint density at radius 2 is 2.00 bits per heavy atom. The largest absolute Gasteiger partial charge is 0.497 e. The van der Waals surface area contributed by atoms with E-state index >= 15 is 0 Å². The summed E-state index contributed by atoms with van der Waals surface area (Å²) in [7, 11) is 1.54. The molecule has 0 aliphatic heterocycles. The number of ether oxygens (including phenoxy) is 1. The number of benzene rings is 2. The molecule has 26 heavy (non-hydrogen) atoms. The first-order valence-electron chi connectivity index (χ1n) is 7.59. The molecule has 0 bridgehead atoms. The van der Waals surface area contributed by atoms with Crippen molar-refractivity contribution in [3.8, 4) is 17.1 Å². The Balaban J connectivity index is 1.68. The standard InChI is InChI=1S/C19H14Cl2N2O3/c1-25-14-4-2-3-12(9-14)19(24)23-22-11-15-6-8-18(26-15)16-7-5-13(20)10-17(16)21/h2-11H,1H3,(H,23,24)/b22-11-. The minimum atomic E-state index is -0.354. The third kappa shape index (κ3) is 4.25. The number of carbonyl (C=O) groups excluding carboxylic acids is 1. The molecule has 0 unspecified atom stereocenters. The van der Waals surface area contributed by atoms with Gasteiger partial charge in [0.15, 0.2) is 0 Å². The van der Waals surface area contributed by atoms with Gasteiger partial charge in [-0.25, -0.2) is 5.43 Å². The van der Waals surface area contributed by atoms with Gasteiger partial charge in [0.05, 0.1) is 18.3 Å². The van der Waals surface area contributed by atoms with Gasteiger partial charge in [-0.05, 0) is 48.5 Å². The predicted molar refractivity (Wildman–Crippen MR) is 102 cm³/mol. The summed E-state index contributed by atoms with van der Waals surface area (Å²) in [4.78, 5) is 12.1. The number of hydrazone groups is 1. The van der Waals surface area contributed by atoms with Crippen molar-refractivity contribution in [1.29, 1.82) is 0 Å². The van der Waals surface area contributed by atoms with Gasteiger partial charge in [0.25, 0.3) is 5.91 Å². The van der Waals surface area contributed by atoms with E-state index in [1.165, 1.54) is 13.3 Å². The number of carbonyl (C=O) groups is 1. The predicted octanol–water partition coefficient (Wildman–Crippen LogP) is 5.03.